The monoisotopic (exact) mass is 454 g/mol. The summed E-state index contributed by atoms with van der Waals surface area (Å²) in [4.78, 5) is 14.9. The van der Waals surface area contributed by atoms with Gasteiger partial charge in [-0.15, -0.1) is 5.10 Å². The van der Waals surface area contributed by atoms with Crippen molar-refractivity contribution < 1.29 is 9.53 Å². The van der Waals surface area contributed by atoms with Gasteiger partial charge < -0.3 is 9.64 Å². The molecule has 29 heavy (non-hydrogen) atoms. The number of benzene rings is 2. The van der Waals surface area contributed by atoms with Crippen molar-refractivity contribution in [1.82, 2.24) is 19.9 Å². The zero-order valence-electron chi connectivity index (χ0n) is 16.5. The Hall–Kier alpha value is -2.67. The predicted octanol–water partition coefficient (Wildman–Crippen LogP) is 4.58. The summed E-state index contributed by atoms with van der Waals surface area (Å²) < 4.78 is 8.50. The number of halogens is 1. The van der Waals surface area contributed by atoms with E-state index in [1.165, 1.54) is 0 Å². The van der Waals surface area contributed by atoms with Gasteiger partial charge in [0.1, 0.15) is 5.75 Å². The summed E-state index contributed by atoms with van der Waals surface area (Å²) in [5.41, 5.74) is 3.22. The summed E-state index contributed by atoms with van der Waals surface area (Å²) in [5.74, 6) is 1.01. The van der Waals surface area contributed by atoms with E-state index in [9.17, 15) is 4.79 Å². The number of amides is 1. The molecule has 3 aromatic rings. The highest BCUT2D eigenvalue weighted by Gasteiger charge is 2.35. The zero-order chi connectivity index (χ0) is 20.4. The van der Waals surface area contributed by atoms with Gasteiger partial charge in [0.2, 0.25) is 0 Å². The van der Waals surface area contributed by atoms with Crippen LogP contribution in [0, 0.1) is 0 Å². The minimum absolute atomic E-state index is 0.124. The Kier molecular flexibility index (Phi) is 5.67. The maximum absolute atomic E-state index is 13.2. The van der Waals surface area contributed by atoms with Crippen LogP contribution in [0.4, 0.5) is 0 Å². The Balaban J connectivity index is 1.61. The van der Waals surface area contributed by atoms with E-state index in [-0.39, 0.29) is 5.91 Å². The van der Waals surface area contributed by atoms with Crippen LogP contribution in [0.25, 0.3) is 5.69 Å². The van der Waals surface area contributed by atoms with Crippen molar-refractivity contribution >= 4 is 21.8 Å². The predicted molar refractivity (Wildman–Crippen MR) is 114 cm³/mol. The van der Waals surface area contributed by atoms with Crippen molar-refractivity contribution in [3.8, 4) is 11.4 Å². The first-order valence-electron chi connectivity index (χ1n) is 9.76. The SMILES string of the molecule is CCOc1ccccc1CN(C)C(=O)c1nnn(-c2ccc(Br)cc2)c1C1CC1. The molecule has 0 unspecified atom stereocenters. The number of carbonyl (C=O) groups is 1. The fraction of sp³-hybridized carbons (Fsp3) is 0.318. The van der Waals surface area contributed by atoms with Gasteiger partial charge in [0.05, 0.1) is 18.0 Å². The molecule has 1 heterocycles. The molecule has 1 amide bonds. The lowest BCUT2D eigenvalue weighted by molar-refractivity contribution is 0.0777. The highest BCUT2D eigenvalue weighted by Crippen LogP contribution is 2.42. The van der Waals surface area contributed by atoms with Gasteiger partial charge in [-0.05, 0) is 50.1 Å². The first-order valence-corrected chi connectivity index (χ1v) is 10.6. The normalized spacial score (nSPS) is 13.3. The molecule has 0 bridgehead atoms. The zero-order valence-corrected chi connectivity index (χ0v) is 18.1. The number of para-hydroxylation sites is 1. The molecule has 0 atom stereocenters. The highest BCUT2D eigenvalue weighted by atomic mass is 79.9. The van der Waals surface area contributed by atoms with E-state index in [1.807, 2.05) is 55.5 Å². The number of carbonyl (C=O) groups excluding carboxylic acids is 1. The lowest BCUT2D eigenvalue weighted by Crippen LogP contribution is -2.27. The molecule has 1 aliphatic carbocycles. The Bertz CT molecular complexity index is 1010. The van der Waals surface area contributed by atoms with Gasteiger partial charge in [-0.1, -0.05) is 39.3 Å². The summed E-state index contributed by atoms with van der Waals surface area (Å²) >= 11 is 3.46. The summed E-state index contributed by atoms with van der Waals surface area (Å²) in [6, 6.07) is 15.7. The number of hydrogen-bond donors (Lipinski definition) is 0. The van der Waals surface area contributed by atoms with Gasteiger partial charge >= 0.3 is 0 Å². The second-order valence-electron chi connectivity index (χ2n) is 7.19. The molecule has 150 valence electrons. The lowest BCUT2D eigenvalue weighted by Gasteiger charge is -2.19. The Labute approximate surface area is 178 Å². The van der Waals surface area contributed by atoms with Crippen molar-refractivity contribution in [1.29, 1.82) is 0 Å². The molecule has 7 heteroatoms. The lowest BCUT2D eigenvalue weighted by atomic mass is 10.1. The van der Waals surface area contributed by atoms with Crippen LogP contribution < -0.4 is 4.74 Å². The quantitative estimate of drug-likeness (QED) is 0.524. The van der Waals surface area contributed by atoms with E-state index >= 15 is 0 Å². The minimum atomic E-state index is -0.124. The molecule has 6 nitrogen and oxygen atoms in total. The molecule has 1 aliphatic rings. The van der Waals surface area contributed by atoms with E-state index in [0.29, 0.717) is 24.8 Å². The fourth-order valence-electron chi connectivity index (χ4n) is 3.38. The molecule has 1 fully saturated rings. The number of ether oxygens (including phenoxy) is 1. The molecule has 0 spiro atoms. The molecule has 0 radical (unpaired) electrons. The summed E-state index contributed by atoms with van der Waals surface area (Å²) in [7, 11) is 1.79. The van der Waals surface area contributed by atoms with Gasteiger partial charge in [0.15, 0.2) is 5.69 Å². The van der Waals surface area contributed by atoms with Crippen LogP contribution in [-0.2, 0) is 6.54 Å². The molecule has 0 aliphatic heterocycles. The maximum Gasteiger partial charge on any atom is 0.276 e. The van der Waals surface area contributed by atoms with Gasteiger partial charge in [-0.2, -0.15) is 0 Å². The van der Waals surface area contributed by atoms with Crippen LogP contribution in [0.15, 0.2) is 53.0 Å². The second kappa shape index (κ2) is 8.37. The van der Waals surface area contributed by atoms with E-state index < -0.39 is 0 Å². The number of hydrogen-bond acceptors (Lipinski definition) is 4. The van der Waals surface area contributed by atoms with E-state index in [4.69, 9.17) is 4.74 Å². The number of aromatic nitrogens is 3. The minimum Gasteiger partial charge on any atom is -0.494 e. The third kappa shape index (κ3) is 4.19. The van der Waals surface area contributed by atoms with Gasteiger partial charge in [-0.25, -0.2) is 4.68 Å². The van der Waals surface area contributed by atoms with Crippen LogP contribution in [0.3, 0.4) is 0 Å². The molecule has 2 aromatic carbocycles. The van der Waals surface area contributed by atoms with E-state index in [2.05, 4.69) is 26.2 Å². The molecule has 1 saturated carbocycles. The van der Waals surface area contributed by atoms with Crippen LogP contribution in [0.1, 0.15) is 47.4 Å². The fourth-order valence-corrected chi connectivity index (χ4v) is 3.64. The first-order chi connectivity index (χ1) is 14.1. The molecule has 0 saturated heterocycles. The summed E-state index contributed by atoms with van der Waals surface area (Å²) in [6.45, 7) is 2.99. The highest BCUT2D eigenvalue weighted by molar-refractivity contribution is 9.10. The van der Waals surface area contributed by atoms with Crippen LogP contribution in [-0.4, -0.2) is 39.5 Å². The van der Waals surface area contributed by atoms with E-state index in [1.54, 1.807) is 16.6 Å². The van der Waals surface area contributed by atoms with Gasteiger partial charge in [0, 0.05) is 29.5 Å². The van der Waals surface area contributed by atoms with Gasteiger partial charge in [0.25, 0.3) is 5.91 Å². The van der Waals surface area contributed by atoms with Crippen molar-refractivity contribution in [2.45, 2.75) is 32.2 Å². The largest absolute Gasteiger partial charge is 0.494 e. The summed E-state index contributed by atoms with van der Waals surface area (Å²) in [6.07, 6.45) is 2.11. The average Bonchev–Trinajstić information content (AvgIpc) is 3.48. The number of nitrogens with zero attached hydrogens (tertiary/aromatic N) is 4. The second-order valence-corrected chi connectivity index (χ2v) is 8.10. The molecular formula is C22H23BrN4O2. The maximum atomic E-state index is 13.2. The third-order valence-electron chi connectivity index (χ3n) is 4.97. The van der Waals surface area contributed by atoms with Crippen LogP contribution in [0.2, 0.25) is 0 Å². The standard InChI is InChI=1S/C22H23BrN4O2/c1-3-29-19-7-5-4-6-16(19)14-26(2)22(28)20-21(15-8-9-15)27(25-24-20)18-12-10-17(23)11-13-18/h4-7,10-13,15H,3,8-9,14H2,1-2H3. The molecule has 0 N–H and O–H groups in total. The smallest absolute Gasteiger partial charge is 0.276 e. The average molecular weight is 455 g/mol. The molecule has 4 rings (SSSR count). The summed E-state index contributed by atoms with van der Waals surface area (Å²) in [5, 5.41) is 8.59. The number of rotatable bonds is 7. The molecular weight excluding hydrogens is 432 g/mol. The topological polar surface area (TPSA) is 60.2 Å². The van der Waals surface area contributed by atoms with Gasteiger partial charge in [-0.3, -0.25) is 4.79 Å². The van der Waals surface area contributed by atoms with Crippen LogP contribution >= 0.6 is 15.9 Å². The van der Waals surface area contributed by atoms with Crippen molar-refractivity contribution in [2.24, 2.45) is 0 Å². The Morgan fingerprint density at radius 1 is 1.21 bits per heavy atom. The van der Waals surface area contributed by atoms with Crippen molar-refractivity contribution in [3.63, 3.8) is 0 Å². The Morgan fingerprint density at radius 3 is 2.62 bits per heavy atom. The van der Waals surface area contributed by atoms with E-state index in [0.717, 1.165) is 40.0 Å². The van der Waals surface area contributed by atoms with Crippen LogP contribution in [0.5, 0.6) is 5.75 Å². The molecule has 1 aromatic heterocycles. The van der Waals surface area contributed by atoms with Crippen molar-refractivity contribution in [2.75, 3.05) is 13.7 Å². The van der Waals surface area contributed by atoms with Crippen molar-refractivity contribution in [3.05, 3.63) is 70.0 Å². The third-order valence-corrected chi connectivity index (χ3v) is 5.50. The Morgan fingerprint density at radius 2 is 1.93 bits per heavy atom. The first kappa shape index (κ1) is 19.6.